The third-order valence-electron chi connectivity index (χ3n) is 1.09. The molecule has 0 aliphatic rings. The molecular weight excluding hydrogens is 271 g/mol. The molecular formula is C8H11IOS. The summed E-state index contributed by atoms with van der Waals surface area (Å²) in [5, 5.41) is 0. The summed E-state index contributed by atoms with van der Waals surface area (Å²) in [6.45, 7) is 5.65. The molecule has 0 rings (SSSR count). The number of halogens is 1. The van der Waals surface area contributed by atoms with Crippen molar-refractivity contribution in [3.05, 3.63) is 35.5 Å². The lowest BCUT2D eigenvalue weighted by molar-refractivity contribution is 0.588. The van der Waals surface area contributed by atoms with Crippen LogP contribution in [0.2, 0.25) is 0 Å². The molecule has 1 nitrogen and oxygen atoms in total. The SMILES string of the molecule is C=C/C(=C\C=C(/C)SC)OI. The monoisotopic (exact) mass is 282 g/mol. The van der Waals surface area contributed by atoms with E-state index in [0.717, 1.165) is 5.76 Å². The largest absolute Gasteiger partial charge is 0.428 e. The van der Waals surface area contributed by atoms with Gasteiger partial charge in [0.15, 0.2) is 23.0 Å². The molecule has 0 aliphatic heterocycles. The van der Waals surface area contributed by atoms with Crippen molar-refractivity contribution in [1.82, 2.24) is 0 Å². The lowest BCUT2D eigenvalue weighted by Crippen LogP contribution is -1.72. The predicted molar refractivity (Wildman–Crippen MR) is 60.7 cm³/mol. The lowest BCUT2D eigenvalue weighted by Gasteiger charge is -1.94. The van der Waals surface area contributed by atoms with Gasteiger partial charge < -0.3 is 3.07 Å². The highest BCUT2D eigenvalue weighted by Crippen LogP contribution is 2.11. The van der Waals surface area contributed by atoms with Crippen molar-refractivity contribution >= 4 is 34.8 Å². The Morgan fingerprint density at radius 3 is 2.55 bits per heavy atom. The number of hydrogen-bond donors (Lipinski definition) is 0. The van der Waals surface area contributed by atoms with Crippen LogP contribution >= 0.6 is 34.8 Å². The minimum atomic E-state index is 0.777. The van der Waals surface area contributed by atoms with Gasteiger partial charge in [-0.1, -0.05) is 6.58 Å². The summed E-state index contributed by atoms with van der Waals surface area (Å²) in [7, 11) is 0. The van der Waals surface area contributed by atoms with Crippen LogP contribution in [0.1, 0.15) is 6.92 Å². The van der Waals surface area contributed by atoms with E-state index in [1.165, 1.54) is 4.91 Å². The molecule has 0 radical (unpaired) electrons. The van der Waals surface area contributed by atoms with Gasteiger partial charge in [0, 0.05) is 0 Å². The predicted octanol–water partition coefficient (Wildman–Crippen LogP) is 3.69. The molecule has 0 fully saturated rings. The van der Waals surface area contributed by atoms with E-state index in [1.54, 1.807) is 17.8 Å². The molecule has 0 N–H and O–H groups in total. The van der Waals surface area contributed by atoms with E-state index in [-0.39, 0.29) is 0 Å². The fraction of sp³-hybridized carbons (Fsp3) is 0.250. The van der Waals surface area contributed by atoms with Gasteiger partial charge >= 0.3 is 0 Å². The Balaban J connectivity index is 4.17. The molecule has 11 heavy (non-hydrogen) atoms. The van der Waals surface area contributed by atoms with Gasteiger partial charge in [-0.3, -0.25) is 0 Å². The molecule has 3 heteroatoms. The fourth-order valence-corrected chi connectivity index (χ4v) is 0.923. The van der Waals surface area contributed by atoms with E-state index in [9.17, 15) is 0 Å². The van der Waals surface area contributed by atoms with Gasteiger partial charge in [-0.2, -0.15) is 0 Å². The van der Waals surface area contributed by atoms with E-state index >= 15 is 0 Å². The Morgan fingerprint density at radius 1 is 1.55 bits per heavy atom. The van der Waals surface area contributed by atoms with Crippen LogP contribution in [0.3, 0.4) is 0 Å². The maximum Gasteiger partial charge on any atom is 0.192 e. The average molecular weight is 282 g/mol. The number of hydrogen-bond acceptors (Lipinski definition) is 2. The smallest absolute Gasteiger partial charge is 0.192 e. The van der Waals surface area contributed by atoms with E-state index in [0.29, 0.717) is 0 Å². The van der Waals surface area contributed by atoms with Crippen LogP contribution in [0.5, 0.6) is 0 Å². The summed E-state index contributed by atoms with van der Waals surface area (Å²) in [4.78, 5) is 1.25. The highest BCUT2D eigenvalue weighted by Gasteiger charge is 1.86. The highest BCUT2D eigenvalue weighted by molar-refractivity contribution is 14.1. The van der Waals surface area contributed by atoms with Gasteiger partial charge in [-0.25, -0.2) is 0 Å². The van der Waals surface area contributed by atoms with Gasteiger partial charge in [0.05, 0.1) is 0 Å². The van der Waals surface area contributed by atoms with Gasteiger partial charge in [0.2, 0.25) is 0 Å². The van der Waals surface area contributed by atoms with Crippen LogP contribution in [-0.4, -0.2) is 6.26 Å². The van der Waals surface area contributed by atoms with E-state index < -0.39 is 0 Å². The van der Waals surface area contributed by atoms with Crippen LogP contribution in [0.15, 0.2) is 35.5 Å². The molecule has 0 saturated carbocycles. The molecule has 0 aromatic rings. The van der Waals surface area contributed by atoms with Crippen molar-refractivity contribution in [2.24, 2.45) is 0 Å². The van der Waals surface area contributed by atoms with Crippen molar-refractivity contribution in [1.29, 1.82) is 0 Å². The van der Waals surface area contributed by atoms with Crippen LogP contribution in [0.4, 0.5) is 0 Å². The standard InChI is InChI=1S/C8H11IOS/c1-4-8(10-9)6-5-7(2)11-3/h4-6H,1H2,2-3H3/b7-5+,8-6+. The zero-order valence-corrected chi connectivity index (χ0v) is 9.61. The highest BCUT2D eigenvalue weighted by atomic mass is 127. The Morgan fingerprint density at radius 2 is 2.18 bits per heavy atom. The molecule has 62 valence electrons. The first kappa shape index (κ1) is 11.1. The Kier molecular flexibility index (Phi) is 6.85. The van der Waals surface area contributed by atoms with Crippen LogP contribution in [0, 0.1) is 0 Å². The number of rotatable bonds is 4. The molecule has 0 saturated heterocycles. The Bertz CT molecular complexity index is 185. The molecule has 0 amide bonds. The van der Waals surface area contributed by atoms with Crippen molar-refractivity contribution in [3.8, 4) is 0 Å². The van der Waals surface area contributed by atoms with E-state index in [2.05, 4.69) is 13.5 Å². The van der Waals surface area contributed by atoms with Gasteiger partial charge in [-0.05, 0) is 36.3 Å². The minimum Gasteiger partial charge on any atom is -0.428 e. The van der Waals surface area contributed by atoms with Crippen molar-refractivity contribution in [3.63, 3.8) is 0 Å². The van der Waals surface area contributed by atoms with Crippen LogP contribution in [-0.2, 0) is 3.07 Å². The molecule has 0 aromatic heterocycles. The Hall–Kier alpha value is 0.1000. The van der Waals surface area contributed by atoms with E-state index in [4.69, 9.17) is 3.07 Å². The first-order valence-electron chi connectivity index (χ1n) is 3.08. The zero-order valence-electron chi connectivity index (χ0n) is 6.63. The molecule has 0 spiro atoms. The quantitative estimate of drug-likeness (QED) is 0.442. The van der Waals surface area contributed by atoms with Crippen LogP contribution in [0.25, 0.3) is 0 Å². The molecule has 0 aliphatic carbocycles. The normalized spacial score (nSPS) is 13.0. The van der Waals surface area contributed by atoms with Crippen molar-refractivity contribution in [2.75, 3.05) is 6.26 Å². The summed E-state index contributed by atoms with van der Waals surface area (Å²) in [5.74, 6) is 0.777. The topological polar surface area (TPSA) is 9.23 Å². The second kappa shape index (κ2) is 6.79. The molecule has 0 atom stereocenters. The van der Waals surface area contributed by atoms with Crippen molar-refractivity contribution in [2.45, 2.75) is 6.92 Å². The van der Waals surface area contributed by atoms with Crippen LogP contribution < -0.4 is 0 Å². The van der Waals surface area contributed by atoms with E-state index in [1.807, 2.05) is 41.4 Å². The molecule has 0 heterocycles. The molecule has 0 aromatic carbocycles. The first-order chi connectivity index (χ1) is 5.24. The third kappa shape index (κ3) is 5.38. The first-order valence-corrected chi connectivity index (χ1v) is 5.18. The zero-order chi connectivity index (χ0) is 8.69. The minimum absolute atomic E-state index is 0.777. The maximum atomic E-state index is 4.95. The maximum absolute atomic E-state index is 4.95. The molecule has 0 bridgehead atoms. The number of thioether (sulfide) groups is 1. The summed E-state index contributed by atoms with van der Waals surface area (Å²) < 4.78 is 4.95. The summed E-state index contributed by atoms with van der Waals surface area (Å²) in [6.07, 6.45) is 7.61. The summed E-state index contributed by atoms with van der Waals surface area (Å²) in [5.41, 5.74) is 0. The third-order valence-corrected chi connectivity index (χ3v) is 2.38. The Labute approximate surface area is 86.3 Å². The number of allylic oxidation sites excluding steroid dienone is 4. The second-order valence-electron chi connectivity index (χ2n) is 1.83. The summed E-state index contributed by atoms with van der Waals surface area (Å²) >= 11 is 3.54. The van der Waals surface area contributed by atoms with Gasteiger partial charge in [-0.15, -0.1) is 11.8 Å². The van der Waals surface area contributed by atoms with Gasteiger partial charge in [0.1, 0.15) is 5.76 Å². The second-order valence-corrected chi connectivity index (χ2v) is 3.32. The molecule has 0 unspecified atom stereocenters. The van der Waals surface area contributed by atoms with Crippen molar-refractivity contribution < 1.29 is 3.07 Å². The van der Waals surface area contributed by atoms with Gasteiger partial charge in [0.25, 0.3) is 0 Å². The fourth-order valence-electron chi connectivity index (χ4n) is 0.393. The summed E-state index contributed by atoms with van der Waals surface area (Å²) in [6, 6.07) is 0. The lowest BCUT2D eigenvalue weighted by atomic mass is 10.4. The average Bonchev–Trinajstić information content (AvgIpc) is 2.06.